The number of amides is 1. The Labute approximate surface area is 115 Å². The molecule has 1 aromatic carbocycles. The van der Waals surface area contributed by atoms with Crippen molar-refractivity contribution in [3.05, 3.63) is 35.4 Å². The molecule has 0 spiro atoms. The molecule has 1 aromatic rings. The number of rotatable bonds is 5. The Morgan fingerprint density at radius 2 is 2.15 bits per heavy atom. The van der Waals surface area contributed by atoms with Crippen LogP contribution in [0.2, 0.25) is 0 Å². The van der Waals surface area contributed by atoms with Crippen molar-refractivity contribution in [2.45, 2.75) is 26.8 Å². The highest BCUT2D eigenvalue weighted by atomic mass is 19.1. The molecular weight excluding hydrogens is 268 g/mol. The largest absolute Gasteiger partial charge is 0.409 e. The monoisotopic (exact) mass is 285 g/mol. The molecule has 7 heteroatoms. The third-order valence-electron chi connectivity index (χ3n) is 3.34. The summed E-state index contributed by atoms with van der Waals surface area (Å²) in [4.78, 5) is 12.1. The first-order valence-corrected chi connectivity index (χ1v) is 6.05. The van der Waals surface area contributed by atoms with Crippen molar-refractivity contribution in [2.75, 3.05) is 0 Å². The Balaban J connectivity index is 2.81. The van der Waals surface area contributed by atoms with Gasteiger partial charge >= 0.3 is 0 Å². The van der Waals surface area contributed by atoms with Crippen LogP contribution in [0.4, 0.5) is 8.78 Å². The lowest BCUT2D eigenvalue weighted by molar-refractivity contribution is -0.127. The summed E-state index contributed by atoms with van der Waals surface area (Å²) in [6.07, 6.45) is 0.306. The van der Waals surface area contributed by atoms with Gasteiger partial charge in [-0.05, 0) is 19.4 Å². The molecule has 0 aliphatic heterocycles. The molecular formula is C13H17F2N3O2. The van der Waals surface area contributed by atoms with E-state index in [9.17, 15) is 13.6 Å². The number of hydrogen-bond acceptors (Lipinski definition) is 3. The number of carbonyl (C=O) groups is 1. The van der Waals surface area contributed by atoms with Crippen LogP contribution in [0.5, 0.6) is 0 Å². The summed E-state index contributed by atoms with van der Waals surface area (Å²) < 4.78 is 26.2. The van der Waals surface area contributed by atoms with Gasteiger partial charge in [-0.15, -0.1) is 0 Å². The normalized spacial score (nSPS) is 14.7. The second-order valence-electron chi connectivity index (χ2n) is 4.59. The Morgan fingerprint density at radius 1 is 1.50 bits per heavy atom. The number of hydrogen-bond donors (Lipinski definition) is 3. The van der Waals surface area contributed by atoms with Gasteiger partial charge in [0.1, 0.15) is 17.0 Å². The number of benzene rings is 1. The minimum atomic E-state index is -1.19. The van der Waals surface area contributed by atoms with Crippen molar-refractivity contribution in [1.82, 2.24) is 5.32 Å². The molecule has 110 valence electrons. The topological polar surface area (TPSA) is 87.7 Å². The molecule has 20 heavy (non-hydrogen) atoms. The highest BCUT2D eigenvalue weighted by Gasteiger charge is 2.36. The lowest BCUT2D eigenvalue weighted by Crippen LogP contribution is -2.47. The number of nitrogens with one attached hydrogen (secondary N) is 1. The van der Waals surface area contributed by atoms with E-state index in [0.717, 1.165) is 12.1 Å². The van der Waals surface area contributed by atoms with Crippen molar-refractivity contribution in [2.24, 2.45) is 16.3 Å². The number of halogens is 2. The molecule has 0 radical (unpaired) electrons. The highest BCUT2D eigenvalue weighted by Crippen LogP contribution is 2.22. The van der Waals surface area contributed by atoms with Crippen molar-refractivity contribution in [3.63, 3.8) is 0 Å². The van der Waals surface area contributed by atoms with Crippen molar-refractivity contribution >= 4 is 11.7 Å². The fraction of sp³-hybridized carbons (Fsp3) is 0.385. The third-order valence-corrected chi connectivity index (χ3v) is 3.34. The van der Waals surface area contributed by atoms with Gasteiger partial charge in [0.25, 0.3) is 0 Å². The minimum absolute atomic E-state index is 0.112. The van der Waals surface area contributed by atoms with Crippen molar-refractivity contribution in [1.29, 1.82) is 0 Å². The van der Waals surface area contributed by atoms with Crippen LogP contribution in [0.25, 0.3) is 0 Å². The molecule has 0 saturated carbocycles. The SMILES string of the molecule is CCC(C)(C(=O)NCc1ccc(F)cc1F)/C(N)=N/O. The summed E-state index contributed by atoms with van der Waals surface area (Å²) in [6, 6.07) is 3.09. The Bertz CT molecular complexity index is 534. The Morgan fingerprint density at radius 3 is 2.65 bits per heavy atom. The maximum absolute atomic E-state index is 13.4. The van der Waals surface area contributed by atoms with Crippen LogP contribution in [0.15, 0.2) is 23.4 Å². The molecule has 0 bridgehead atoms. The smallest absolute Gasteiger partial charge is 0.233 e. The second-order valence-corrected chi connectivity index (χ2v) is 4.59. The fourth-order valence-electron chi connectivity index (χ4n) is 1.60. The molecule has 5 nitrogen and oxygen atoms in total. The van der Waals surface area contributed by atoms with Crippen molar-refractivity contribution in [3.8, 4) is 0 Å². The fourth-order valence-corrected chi connectivity index (χ4v) is 1.60. The predicted molar refractivity (Wildman–Crippen MR) is 70.0 cm³/mol. The molecule has 0 saturated heterocycles. The first-order valence-electron chi connectivity index (χ1n) is 6.05. The van der Waals surface area contributed by atoms with E-state index in [2.05, 4.69) is 10.5 Å². The standard InChI is InChI=1S/C13H17F2N3O2/c1-3-13(2,11(16)18-20)12(19)17-7-8-4-5-9(14)6-10(8)15/h4-6,20H,3,7H2,1-2H3,(H2,16,18)(H,17,19). The number of nitrogens with two attached hydrogens (primary N) is 1. The van der Waals surface area contributed by atoms with E-state index in [-0.39, 0.29) is 17.9 Å². The maximum atomic E-state index is 13.4. The van der Waals surface area contributed by atoms with E-state index in [0.29, 0.717) is 6.42 Å². The molecule has 1 atom stereocenters. The summed E-state index contributed by atoms with van der Waals surface area (Å²) in [5.74, 6) is -2.16. The van der Waals surface area contributed by atoms with Crippen LogP contribution in [0.1, 0.15) is 25.8 Å². The predicted octanol–water partition coefficient (Wildman–Crippen LogP) is 1.74. The first-order chi connectivity index (χ1) is 9.35. The zero-order valence-electron chi connectivity index (χ0n) is 11.3. The number of nitrogens with zero attached hydrogens (tertiary/aromatic N) is 1. The van der Waals surface area contributed by atoms with E-state index in [1.54, 1.807) is 6.92 Å². The van der Waals surface area contributed by atoms with Gasteiger partial charge in [0.2, 0.25) is 5.91 Å². The van der Waals surface area contributed by atoms with E-state index < -0.39 is 23.0 Å². The lowest BCUT2D eigenvalue weighted by Gasteiger charge is -2.25. The molecule has 0 aliphatic rings. The van der Waals surface area contributed by atoms with Crippen LogP contribution in [-0.4, -0.2) is 17.0 Å². The molecule has 1 rings (SSSR count). The first kappa shape index (κ1) is 15.9. The number of carbonyl (C=O) groups excluding carboxylic acids is 1. The quantitative estimate of drug-likeness (QED) is 0.333. The number of oxime groups is 1. The van der Waals surface area contributed by atoms with Gasteiger partial charge < -0.3 is 16.3 Å². The molecule has 0 aliphatic carbocycles. The zero-order chi connectivity index (χ0) is 15.3. The highest BCUT2D eigenvalue weighted by molar-refractivity contribution is 6.06. The lowest BCUT2D eigenvalue weighted by atomic mass is 9.85. The Kier molecular flexibility index (Phi) is 5.01. The van der Waals surface area contributed by atoms with Crippen molar-refractivity contribution < 1.29 is 18.8 Å². The maximum Gasteiger partial charge on any atom is 0.233 e. The summed E-state index contributed by atoms with van der Waals surface area (Å²) in [5, 5.41) is 14.0. The molecule has 4 N–H and O–H groups in total. The minimum Gasteiger partial charge on any atom is -0.409 e. The van der Waals surface area contributed by atoms with E-state index in [1.807, 2.05) is 0 Å². The van der Waals surface area contributed by atoms with Gasteiger partial charge in [-0.25, -0.2) is 8.78 Å². The van der Waals surface area contributed by atoms with Crippen LogP contribution in [0, 0.1) is 17.0 Å². The van der Waals surface area contributed by atoms with Gasteiger partial charge in [0.15, 0.2) is 5.84 Å². The van der Waals surface area contributed by atoms with Crippen LogP contribution < -0.4 is 11.1 Å². The van der Waals surface area contributed by atoms with Gasteiger partial charge in [-0.1, -0.05) is 18.1 Å². The average molecular weight is 285 g/mol. The average Bonchev–Trinajstić information content (AvgIpc) is 2.44. The zero-order valence-corrected chi connectivity index (χ0v) is 11.3. The van der Waals surface area contributed by atoms with Crippen LogP contribution in [0.3, 0.4) is 0 Å². The molecule has 1 unspecified atom stereocenters. The van der Waals surface area contributed by atoms with Gasteiger partial charge in [0, 0.05) is 18.2 Å². The van der Waals surface area contributed by atoms with E-state index in [1.165, 1.54) is 13.0 Å². The van der Waals surface area contributed by atoms with Gasteiger partial charge in [0.05, 0.1) is 0 Å². The summed E-state index contributed by atoms with van der Waals surface area (Å²) in [6.45, 7) is 3.10. The molecule has 1 amide bonds. The number of amidine groups is 1. The Hall–Kier alpha value is -2.18. The van der Waals surface area contributed by atoms with Crippen LogP contribution in [-0.2, 0) is 11.3 Å². The second kappa shape index (κ2) is 6.31. The summed E-state index contributed by atoms with van der Waals surface area (Å²) in [5.41, 5.74) is 4.46. The van der Waals surface area contributed by atoms with E-state index in [4.69, 9.17) is 10.9 Å². The molecule has 0 heterocycles. The molecule has 0 aromatic heterocycles. The van der Waals surface area contributed by atoms with Gasteiger partial charge in [-0.2, -0.15) is 0 Å². The van der Waals surface area contributed by atoms with Gasteiger partial charge in [-0.3, -0.25) is 4.79 Å². The van der Waals surface area contributed by atoms with Crippen LogP contribution >= 0.6 is 0 Å². The third kappa shape index (κ3) is 3.23. The molecule has 0 fully saturated rings. The summed E-state index contributed by atoms with van der Waals surface area (Å²) in [7, 11) is 0. The van der Waals surface area contributed by atoms with E-state index >= 15 is 0 Å². The summed E-state index contributed by atoms with van der Waals surface area (Å²) >= 11 is 0.